The highest BCUT2D eigenvalue weighted by Crippen LogP contribution is 2.39. The molecule has 33 heavy (non-hydrogen) atoms. The maximum Gasteiger partial charge on any atom is 0.345 e. The third kappa shape index (κ3) is 4.28. The molecule has 0 N–H and O–H groups in total. The SMILES string of the molecule is COc1cc2c(cc1-c1c(C)noc1C)ncc1nc(CN(C)C)n(C(C)COC(F)F)c12. The number of fused-ring (bicyclic) bond motifs is 3. The third-order valence-electron chi connectivity index (χ3n) is 5.57. The van der Waals surface area contributed by atoms with E-state index in [0.29, 0.717) is 23.6 Å². The first-order valence-corrected chi connectivity index (χ1v) is 10.6. The van der Waals surface area contributed by atoms with Crippen molar-refractivity contribution < 1.29 is 22.8 Å². The summed E-state index contributed by atoms with van der Waals surface area (Å²) in [6.07, 6.45) is 1.71. The zero-order chi connectivity index (χ0) is 23.9. The minimum Gasteiger partial charge on any atom is -0.496 e. The van der Waals surface area contributed by atoms with E-state index in [0.717, 1.165) is 39.1 Å². The summed E-state index contributed by atoms with van der Waals surface area (Å²) in [6, 6.07) is 3.46. The maximum absolute atomic E-state index is 12.8. The summed E-state index contributed by atoms with van der Waals surface area (Å²) in [5, 5.41) is 4.86. The molecule has 0 aliphatic carbocycles. The summed E-state index contributed by atoms with van der Waals surface area (Å²) in [5.41, 5.74) is 4.62. The summed E-state index contributed by atoms with van der Waals surface area (Å²) in [5.74, 6) is 2.05. The number of halogens is 2. The first kappa shape index (κ1) is 23.1. The highest BCUT2D eigenvalue weighted by molar-refractivity contribution is 6.05. The van der Waals surface area contributed by atoms with Gasteiger partial charge in [-0.2, -0.15) is 8.78 Å². The summed E-state index contributed by atoms with van der Waals surface area (Å²) in [4.78, 5) is 11.4. The lowest BCUT2D eigenvalue weighted by molar-refractivity contribution is -0.135. The number of methoxy groups -OCH3 is 1. The zero-order valence-corrected chi connectivity index (χ0v) is 19.5. The van der Waals surface area contributed by atoms with Crippen molar-refractivity contribution in [2.24, 2.45) is 0 Å². The van der Waals surface area contributed by atoms with E-state index >= 15 is 0 Å². The fraction of sp³-hybridized carbons (Fsp3) is 0.435. The second kappa shape index (κ2) is 9.03. The van der Waals surface area contributed by atoms with Crippen molar-refractivity contribution in [3.05, 3.63) is 35.6 Å². The van der Waals surface area contributed by atoms with Gasteiger partial charge in [0.1, 0.15) is 22.9 Å². The Hall–Kier alpha value is -3.11. The van der Waals surface area contributed by atoms with Gasteiger partial charge in [-0.25, -0.2) is 4.98 Å². The summed E-state index contributed by atoms with van der Waals surface area (Å²) >= 11 is 0. The molecule has 0 bridgehead atoms. The van der Waals surface area contributed by atoms with Crippen molar-refractivity contribution in [2.45, 2.75) is 40.0 Å². The Morgan fingerprint density at radius 1 is 1.18 bits per heavy atom. The first-order valence-electron chi connectivity index (χ1n) is 10.6. The number of imidazole rings is 1. The molecule has 1 atom stereocenters. The summed E-state index contributed by atoms with van der Waals surface area (Å²) in [6.45, 7) is 3.10. The van der Waals surface area contributed by atoms with Gasteiger partial charge >= 0.3 is 6.61 Å². The van der Waals surface area contributed by atoms with E-state index in [1.165, 1.54) is 0 Å². The average Bonchev–Trinajstić information content (AvgIpc) is 3.29. The largest absolute Gasteiger partial charge is 0.496 e. The van der Waals surface area contributed by atoms with Gasteiger partial charge in [0.05, 0.1) is 54.8 Å². The standard InChI is InChI=1S/C23H27F2N5O3/c1-12(11-32-23(24)25)30-20(10-29(4)5)27-18-9-26-17-7-16(21-13(2)28-33-14(21)3)19(31-6)8-15(17)22(18)30/h7-9,12,23H,10-11H2,1-6H3. The molecule has 176 valence electrons. The molecule has 3 aromatic heterocycles. The molecule has 1 unspecified atom stereocenters. The van der Waals surface area contributed by atoms with E-state index < -0.39 is 6.61 Å². The number of hydrogen-bond donors (Lipinski definition) is 0. The van der Waals surface area contributed by atoms with Crippen LogP contribution in [0.4, 0.5) is 8.78 Å². The van der Waals surface area contributed by atoms with Crippen LogP contribution in [0.15, 0.2) is 22.9 Å². The fourth-order valence-corrected chi connectivity index (χ4v) is 4.24. The number of rotatable bonds is 8. The Morgan fingerprint density at radius 3 is 2.55 bits per heavy atom. The molecule has 8 nitrogen and oxygen atoms in total. The van der Waals surface area contributed by atoms with Crippen LogP contribution in [0.25, 0.3) is 33.1 Å². The molecular weight excluding hydrogens is 432 g/mol. The second-order valence-electron chi connectivity index (χ2n) is 8.34. The molecule has 0 saturated carbocycles. The van der Waals surface area contributed by atoms with Gasteiger partial charge in [-0.15, -0.1) is 0 Å². The summed E-state index contributed by atoms with van der Waals surface area (Å²) in [7, 11) is 5.46. The van der Waals surface area contributed by atoms with Gasteiger partial charge in [0, 0.05) is 10.9 Å². The normalized spacial score (nSPS) is 13.0. The second-order valence-corrected chi connectivity index (χ2v) is 8.34. The van der Waals surface area contributed by atoms with E-state index in [2.05, 4.69) is 14.9 Å². The van der Waals surface area contributed by atoms with Crippen molar-refractivity contribution in [1.82, 2.24) is 24.6 Å². The molecule has 0 saturated heterocycles. The predicted molar refractivity (Wildman–Crippen MR) is 121 cm³/mol. The Morgan fingerprint density at radius 2 is 1.94 bits per heavy atom. The van der Waals surface area contributed by atoms with E-state index in [1.54, 1.807) is 13.3 Å². The van der Waals surface area contributed by atoms with Crippen LogP contribution < -0.4 is 4.74 Å². The summed E-state index contributed by atoms with van der Waals surface area (Å²) < 4.78 is 43.2. The molecule has 0 radical (unpaired) electrons. The van der Waals surface area contributed by atoms with Crippen LogP contribution in [0.5, 0.6) is 5.75 Å². The zero-order valence-electron chi connectivity index (χ0n) is 19.5. The van der Waals surface area contributed by atoms with Crippen LogP contribution in [0.1, 0.15) is 30.2 Å². The number of benzene rings is 1. The molecule has 4 aromatic rings. The van der Waals surface area contributed by atoms with Crippen LogP contribution in [0.2, 0.25) is 0 Å². The molecule has 0 aliphatic heterocycles. The molecule has 4 rings (SSSR count). The number of aryl methyl sites for hydroxylation is 2. The van der Waals surface area contributed by atoms with Gasteiger partial charge in [-0.05, 0) is 47.0 Å². The molecule has 10 heteroatoms. The van der Waals surface area contributed by atoms with Gasteiger partial charge < -0.3 is 23.5 Å². The van der Waals surface area contributed by atoms with Crippen molar-refractivity contribution in [3.63, 3.8) is 0 Å². The van der Waals surface area contributed by atoms with Crippen LogP contribution in [-0.4, -0.2) is 59.0 Å². The molecule has 3 heterocycles. The first-order chi connectivity index (χ1) is 15.7. The Labute approximate surface area is 190 Å². The van der Waals surface area contributed by atoms with Crippen molar-refractivity contribution in [3.8, 4) is 16.9 Å². The quantitative estimate of drug-likeness (QED) is 0.377. The topological polar surface area (TPSA) is 78.4 Å². The van der Waals surface area contributed by atoms with E-state index in [-0.39, 0.29) is 12.6 Å². The number of pyridine rings is 1. The highest BCUT2D eigenvalue weighted by Gasteiger charge is 2.23. The molecular formula is C23H27F2N5O3. The lowest BCUT2D eigenvalue weighted by Gasteiger charge is -2.20. The fourth-order valence-electron chi connectivity index (χ4n) is 4.24. The van der Waals surface area contributed by atoms with Gasteiger partial charge in [0.2, 0.25) is 0 Å². The van der Waals surface area contributed by atoms with Gasteiger partial charge in [-0.1, -0.05) is 5.16 Å². The Bertz CT molecular complexity index is 1280. The minimum atomic E-state index is -2.84. The smallest absolute Gasteiger partial charge is 0.345 e. The average molecular weight is 459 g/mol. The predicted octanol–water partition coefficient (Wildman–Crippen LogP) is 4.73. The van der Waals surface area contributed by atoms with E-state index in [1.807, 2.05) is 56.5 Å². The number of alkyl halides is 2. The van der Waals surface area contributed by atoms with Crippen molar-refractivity contribution in [2.75, 3.05) is 27.8 Å². The monoisotopic (exact) mass is 459 g/mol. The molecule has 0 aliphatic rings. The van der Waals surface area contributed by atoms with E-state index in [4.69, 9.17) is 14.2 Å². The van der Waals surface area contributed by atoms with Crippen LogP contribution in [0.3, 0.4) is 0 Å². The van der Waals surface area contributed by atoms with Gasteiger partial charge in [-0.3, -0.25) is 4.98 Å². The van der Waals surface area contributed by atoms with Gasteiger partial charge in [0.25, 0.3) is 0 Å². The number of hydrogen-bond acceptors (Lipinski definition) is 7. The maximum atomic E-state index is 12.8. The minimum absolute atomic E-state index is 0.151. The van der Waals surface area contributed by atoms with Crippen molar-refractivity contribution in [1.29, 1.82) is 0 Å². The Balaban J connectivity index is 1.98. The lowest BCUT2D eigenvalue weighted by atomic mass is 10.0. The highest BCUT2D eigenvalue weighted by atomic mass is 19.3. The molecule has 0 fully saturated rings. The number of aromatic nitrogens is 4. The van der Waals surface area contributed by atoms with Crippen LogP contribution in [-0.2, 0) is 11.3 Å². The Kier molecular flexibility index (Phi) is 6.31. The van der Waals surface area contributed by atoms with Crippen LogP contribution in [0, 0.1) is 13.8 Å². The lowest BCUT2D eigenvalue weighted by Crippen LogP contribution is -2.20. The number of nitrogens with zero attached hydrogens (tertiary/aromatic N) is 5. The molecule has 0 spiro atoms. The van der Waals surface area contributed by atoms with E-state index in [9.17, 15) is 8.78 Å². The third-order valence-corrected chi connectivity index (χ3v) is 5.57. The molecule has 1 aromatic carbocycles. The van der Waals surface area contributed by atoms with Gasteiger partial charge in [0.15, 0.2) is 0 Å². The van der Waals surface area contributed by atoms with Crippen molar-refractivity contribution >= 4 is 21.9 Å². The van der Waals surface area contributed by atoms with Crippen LogP contribution >= 0.6 is 0 Å². The number of ether oxygens (including phenoxy) is 2. The molecule has 0 amide bonds.